The minimum atomic E-state index is -0.147. The standard InChI is InChI=1S/C15H29NO2/c1-3-14(2,12-17)16-11-13-7-10-15(18-13)8-5-4-6-9-15/h13,16-17H,3-12H2,1-2H3. The number of hydrogen-bond donors (Lipinski definition) is 2. The molecule has 106 valence electrons. The molecule has 0 aromatic carbocycles. The van der Waals surface area contributed by atoms with Gasteiger partial charge in [0.25, 0.3) is 0 Å². The van der Waals surface area contributed by atoms with Gasteiger partial charge < -0.3 is 15.2 Å². The van der Waals surface area contributed by atoms with Gasteiger partial charge >= 0.3 is 0 Å². The zero-order chi connectivity index (χ0) is 13.1. The molecule has 0 aromatic heterocycles. The van der Waals surface area contributed by atoms with Crippen LogP contribution in [0.2, 0.25) is 0 Å². The molecular formula is C15H29NO2. The maximum Gasteiger partial charge on any atom is 0.0708 e. The molecule has 3 nitrogen and oxygen atoms in total. The fourth-order valence-electron chi connectivity index (χ4n) is 3.26. The van der Waals surface area contributed by atoms with Crippen molar-refractivity contribution in [1.29, 1.82) is 0 Å². The Kier molecular flexibility index (Phi) is 4.68. The van der Waals surface area contributed by atoms with E-state index in [9.17, 15) is 5.11 Å². The molecule has 1 saturated carbocycles. The van der Waals surface area contributed by atoms with Crippen LogP contribution >= 0.6 is 0 Å². The smallest absolute Gasteiger partial charge is 0.0708 e. The summed E-state index contributed by atoms with van der Waals surface area (Å²) in [6.07, 6.45) is 10.3. The van der Waals surface area contributed by atoms with Gasteiger partial charge in [0.15, 0.2) is 0 Å². The van der Waals surface area contributed by atoms with E-state index in [1.807, 2.05) is 0 Å². The van der Waals surface area contributed by atoms with Crippen molar-refractivity contribution in [2.24, 2.45) is 0 Å². The van der Waals surface area contributed by atoms with Crippen LogP contribution in [0.5, 0.6) is 0 Å². The lowest BCUT2D eigenvalue weighted by Crippen LogP contribution is -2.48. The Morgan fingerprint density at radius 3 is 2.61 bits per heavy atom. The van der Waals surface area contributed by atoms with Gasteiger partial charge in [-0.2, -0.15) is 0 Å². The zero-order valence-electron chi connectivity index (χ0n) is 12.0. The molecule has 2 aliphatic rings. The number of aliphatic hydroxyl groups excluding tert-OH is 1. The van der Waals surface area contributed by atoms with Crippen molar-refractivity contribution >= 4 is 0 Å². The van der Waals surface area contributed by atoms with Gasteiger partial charge in [0.05, 0.1) is 18.3 Å². The van der Waals surface area contributed by atoms with Crippen molar-refractivity contribution in [2.75, 3.05) is 13.2 Å². The molecule has 1 heterocycles. The van der Waals surface area contributed by atoms with E-state index in [0.29, 0.717) is 6.10 Å². The Morgan fingerprint density at radius 2 is 2.00 bits per heavy atom. The van der Waals surface area contributed by atoms with Crippen molar-refractivity contribution in [3.05, 3.63) is 0 Å². The van der Waals surface area contributed by atoms with Crippen LogP contribution in [0.15, 0.2) is 0 Å². The molecule has 3 heteroatoms. The molecular weight excluding hydrogens is 226 g/mol. The largest absolute Gasteiger partial charge is 0.394 e. The second-order valence-corrected chi connectivity index (χ2v) is 6.48. The summed E-state index contributed by atoms with van der Waals surface area (Å²) in [6.45, 7) is 5.27. The van der Waals surface area contributed by atoms with E-state index in [1.165, 1.54) is 44.9 Å². The van der Waals surface area contributed by atoms with E-state index in [4.69, 9.17) is 4.74 Å². The third-order valence-corrected chi connectivity index (χ3v) is 4.99. The van der Waals surface area contributed by atoms with E-state index in [-0.39, 0.29) is 17.7 Å². The molecule has 1 spiro atoms. The first-order valence-electron chi connectivity index (χ1n) is 7.65. The van der Waals surface area contributed by atoms with Crippen LogP contribution in [0.4, 0.5) is 0 Å². The topological polar surface area (TPSA) is 41.5 Å². The van der Waals surface area contributed by atoms with E-state index < -0.39 is 0 Å². The van der Waals surface area contributed by atoms with Gasteiger partial charge in [0.1, 0.15) is 0 Å². The summed E-state index contributed by atoms with van der Waals surface area (Å²) in [4.78, 5) is 0. The second-order valence-electron chi connectivity index (χ2n) is 6.48. The summed E-state index contributed by atoms with van der Waals surface area (Å²) < 4.78 is 6.33. The summed E-state index contributed by atoms with van der Waals surface area (Å²) >= 11 is 0. The monoisotopic (exact) mass is 255 g/mol. The highest BCUT2D eigenvalue weighted by Crippen LogP contribution is 2.41. The molecule has 0 bridgehead atoms. The van der Waals surface area contributed by atoms with E-state index >= 15 is 0 Å². The molecule has 1 aliphatic carbocycles. The van der Waals surface area contributed by atoms with Crippen molar-refractivity contribution in [1.82, 2.24) is 5.32 Å². The molecule has 2 atom stereocenters. The van der Waals surface area contributed by atoms with Crippen LogP contribution in [0, 0.1) is 0 Å². The van der Waals surface area contributed by atoms with Crippen LogP contribution < -0.4 is 5.32 Å². The SMILES string of the molecule is CCC(C)(CO)NCC1CCC2(CCCCC2)O1. The van der Waals surface area contributed by atoms with Crippen LogP contribution in [-0.2, 0) is 4.74 Å². The molecule has 2 unspecified atom stereocenters. The zero-order valence-corrected chi connectivity index (χ0v) is 12.0. The molecule has 0 radical (unpaired) electrons. The van der Waals surface area contributed by atoms with Gasteiger partial charge in [-0.15, -0.1) is 0 Å². The Morgan fingerprint density at radius 1 is 1.28 bits per heavy atom. The lowest BCUT2D eigenvalue weighted by atomic mass is 9.83. The van der Waals surface area contributed by atoms with Gasteiger partial charge in [0.2, 0.25) is 0 Å². The third-order valence-electron chi connectivity index (χ3n) is 4.99. The van der Waals surface area contributed by atoms with Gasteiger partial charge in [-0.1, -0.05) is 26.2 Å². The van der Waals surface area contributed by atoms with Crippen LogP contribution in [0.1, 0.15) is 65.2 Å². The van der Waals surface area contributed by atoms with E-state index in [2.05, 4.69) is 19.2 Å². The lowest BCUT2D eigenvalue weighted by molar-refractivity contribution is -0.0646. The minimum absolute atomic E-state index is 0.147. The molecule has 2 rings (SSSR count). The lowest BCUT2D eigenvalue weighted by Gasteiger charge is -2.34. The van der Waals surface area contributed by atoms with Crippen molar-refractivity contribution < 1.29 is 9.84 Å². The first-order valence-corrected chi connectivity index (χ1v) is 7.65. The predicted octanol–water partition coefficient (Wildman–Crippen LogP) is 2.62. The summed E-state index contributed by atoms with van der Waals surface area (Å²) in [5.41, 5.74) is 0.0676. The Balaban J connectivity index is 1.79. The molecule has 1 saturated heterocycles. The average molecular weight is 255 g/mol. The Hall–Kier alpha value is -0.120. The maximum absolute atomic E-state index is 9.40. The number of aliphatic hydroxyl groups is 1. The highest BCUT2D eigenvalue weighted by atomic mass is 16.5. The van der Waals surface area contributed by atoms with Crippen LogP contribution in [0.25, 0.3) is 0 Å². The fourth-order valence-corrected chi connectivity index (χ4v) is 3.26. The summed E-state index contributed by atoms with van der Waals surface area (Å²) in [5.74, 6) is 0. The van der Waals surface area contributed by atoms with Crippen LogP contribution in [-0.4, -0.2) is 35.5 Å². The fraction of sp³-hybridized carbons (Fsp3) is 1.00. The third kappa shape index (κ3) is 3.25. The first kappa shape index (κ1) is 14.3. The number of nitrogens with one attached hydrogen (secondary N) is 1. The predicted molar refractivity (Wildman–Crippen MR) is 73.7 cm³/mol. The summed E-state index contributed by atoms with van der Waals surface area (Å²) in [6, 6.07) is 0. The number of ether oxygens (including phenoxy) is 1. The van der Waals surface area contributed by atoms with Gasteiger partial charge in [-0.3, -0.25) is 0 Å². The Labute approximate surface area is 111 Å². The van der Waals surface area contributed by atoms with Crippen LogP contribution in [0.3, 0.4) is 0 Å². The summed E-state index contributed by atoms with van der Waals surface area (Å²) in [5, 5.41) is 12.9. The molecule has 1 aliphatic heterocycles. The van der Waals surface area contributed by atoms with E-state index in [1.54, 1.807) is 0 Å². The molecule has 0 amide bonds. The highest BCUT2D eigenvalue weighted by Gasteiger charge is 2.40. The molecule has 18 heavy (non-hydrogen) atoms. The number of rotatable bonds is 5. The number of hydrogen-bond acceptors (Lipinski definition) is 3. The van der Waals surface area contributed by atoms with Crippen molar-refractivity contribution in [3.63, 3.8) is 0 Å². The highest BCUT2D eigenvalue weighted by molar-refractivity contribution is 4.93. The van der Waals surface area contributed by atoms with E-state index in [0.717, 1.165) is 13.0 Å². The normalized spacial score (nSPS) is 30.5. The molecule has 2 N–H and O–H groups in total. The van der Waals surface area contributed by atoms with Gasteiger partial charge in [0, 0.05) is 12.1 Å². The maximum atomic E-state index is 9.40. The van der Waals surface area contributed by atoms with Crippen molar-refractivity contribution in [2.45, 2.75) is 82.5 Å². The summed E-state index contributed by atoms with van der Waals surface area (Å²) in [7, 11) is 0. The average Bonchev–Trinajstić information content (AvgIpc) is 2.80. The Bertz CT molecular complexity index is 257. The van der Waals surface area contributed by atoms with Gasteiger partial charge in [-0.05, 0) is 39.0 Å². The molecule has 0 aromatic rings. The second kappa shape index (κ2) is 5.89. The molecule has 2 fully saturated rings. The van der Waals surface area contributed by atoms with Gasteiger partial charge in [-0.25, -0.2) is 0 Å². The minimum Gasteiger partial charge on any atom is -0.394 e. The quantitative estimate of drug-likeness (QED) is 0.793. The van der Waals surface area contributed by atoms with Crippen molar-refractivity contribution in [3.8, 4) is 0 Å². The first-order chi connectivity index (χ1) is 8.61.